The zero-order valence-corrected chi connectivity index (χ0v) is 12.7. The van der Waals surface area contributed by atoms with Gasteiger partial charge in [-0.1, -0.05) is 5.16 Å². The van der Waals surface area contributed by atoms with E-state index in [-0.39, 0.29) is 0 Å². The number of aromatic nitrogens is 5. The Morgan fingerprint density at radius 2 is 2.24 bits per heavy atom. The minimum atomic E-state index is 0.475. The molecule has 1 aliphatic rings. The molecular formula is C14H12BrN5O. The van der Waals surface area contributed by atoms with Crippen LogP contribution in [0, 0.1) is 0 Å². The molecule has 3 aromatic rings. The van der Waals surface area contributed by atoms with Crippen molar-refractivity contribution in [2.45, 2.75) is 25.3 Å². The summed E-state index contributed by atoms with van der Waals surface area (Å²) < 4.78 is 8.20. The van der Waals surface area contributed by atoms with Crippen molar-refractivity contribution >= 4 is 15.9 Å². The quantitative estimate of drug-likeness (QED) is 0.726. The molecule has 0 radical (unpaired) electrons. The maximum absolute atomic E-state index is 5.29. The molecule has 0 spiro atoms. The van der Waals surface area contributed by atoms with Crippen LogP contribution in [-0.4, -0.2) is 24.7 Å². The predicted molar refractivity (Wildman–Crippen MR) is 78.5 cm³/mol. The predicted octanol–water partition coefficient (Wildman–Crippen LogP) is 3.02. The Labute approximate surface area is 129 Å². The van der Waals surface area contributed by atoms with Crippen molar-refractivity contribution in [1.82, 2.24) is 24.7 Å². The minimum Gasteiger partial charge on any atom is -0.339 e. The summed E-state index contributed by atoms with van der Waals surface area (Å²) in [6.45, 7) is 0.540. The second-order valence-electron chi connectivity index (χ2n) is 5.09. The van der Waals surface area contributed by atoms with Crippen molar-refractivity contribution in [3.05, 3.63) is 47.0 Å². The molecule has 0 bridgehead atoms. The van der Waals surface area contributed by atoms with Crippen LogP contribution in [0.5, 0.6) is 0 Å². The molecule has 1 saturated carbocycles. The molecule has 0 atom stereocenters. The van der Waals surface area contributed by atoms with Crippen molar-refractivity contribution in [3.8, 4) is 11.4 Å². The van der Waals surface area contributed by atoms with E-state index in [1.54, 1.807) is 18.6 Å². The average Bonchev–Trinajstić information content (AvgIpc) is 3.05. The summed E-state index contributed by atoms with van der Waals surface area (Å²) in [5.74, 6) is 2.75. The van der Waals surface area contributed by atoms with Gasteiger partial charge in [0.05, 0.1) is 6.54 Å². The van der Waals surface area contributed by atoms with E-state index in [1.807, 2.05) is 16.8 Å². The van der Waals surface area contributed by atoms with Gasteiger partial charge >= 0.3 is 0 Å². The number of imidazole rings is 1. The molecule has 0 aromatic carbocycles. The summed E-state index contributed by atoms with van der Waals surface area (Å²) in [6.07, 6.45) is 9.51. The molecule has 0 saturated heterocycles. The maximum Gasteiger partial charge on any atom is 0.229 e. The Hall–Kier alpha value is -2.02. The highest BCUT2D eigenvalue weighted by molar-refractivity contribution is 9.10. The van der Waals surface area contributed by atoms with Gasteiger partial charge in [-0.25, -0.2) is 4.98 Å². The van der Waals surface area contributed by atoms with Crippen molar-refractivity contribution in [2.24, 2.45) is 0 Å². The number of halogens is 1. The third-order valence-electron chi connectivity index (χ3n) is 3.40. The van der Waals surface area contributed by atoms with Crippen LogP contribution < -0.4 is 0 Å². The van der Waals surface area contributed by atoms with E-state index < -0.39 is 0 Å². The van der Waals surface area contributed by atoms with Crippen molar-refractivity contribution in [1.29, 1.82) is 0 Å². The monoisotopic (exact) mass is 345 g/mol. The Morgan fingerprint density at radius 3 is 3.05 bits per heavy atom. The van der Waals surface area contributed by atoms with Crippen LogP contribution in [0.1, 0.15) is 30.5 Å². The molecule has 6 nitrogen and oxygen atoms in total. The fourth-order valence-corrected chi connectivity index (χ4v) is 2.58. The van der Waals surface area contributed by atoms with Gasteiger partial charge in [-0.05, 0) is 34.8 Å². The van der Waals surface area contributed by atoms with Crippen molar-refractivity contribution in [3.63, 3.8) is 0 Å². The lowest BCUT2D eigenvalue weighted by atomic mass is 10.2. The molecule has 106 valence electrons. The SMILES string of the molecule is Brc1cncc(-c2nccn2Cc2noc(C3CC3)n2)c1. The van der Waals surface area contributed by atoms with Gasteiger partial charge in [-0.3, -0.25) is 4.98 Å². The van der Waals surface area contributed by atoms with E-state index in [4.69, 9.17) is 4.52 Å². The lowest BCUT2D eigenvalue weighted by Gasteiger charge is -2.05. The fourth-order valence-electron chi connectivity index (χ4n) is 2.21. The van der Waals surface area contributed by atoms with Gasteiger partial charge in [0.1, 0.15) is 5.82 Å². The van der Waals surface area contributed by atoms with Crippen LogP contribution in [0.2, 0.25) is 0 Å². The molecular weight excluding hydrogens is 334 g/mol. The highest BCUT2D eigenvalue weighted by Gasteiger charge is 2.29. The van der Waals surface area contributed by atoms with E-state index in [0.29, 0.717) is 18.3 Å². The smallest absolute Gasteiger partial charge is 0.229 e. The third kappa shape index (κ3) is 2.61. The Morgan fingerprint density at radius 1 is 1.33 bits per heavy atom. The van der Waals surface area contributed by atoms with Crippen LogP contribution in [0.3, 0.4) is 0 Å². The maximum atomic E-state index is 5.29. The largest absolute Gasteiger partial charge is 0.339 e. The van der Waals surface area contributed by atoms with Gasteiger partial charge in [-0.2, -0.15) is 4.98 Å². The van der Waals surface area contributed by atoms with Gasteiger partial charge in [0.15, 0.2) is 5.82 Å². The van der Waals surface area contributed by atoms with Gasteiger partial charge in [0.2, 0.25) is 5.89 Å². The topological polar surface area (TPSA) is 69.6 Å². The Kier molecular flexibility index (Phi) is 3.07. The van der Waals surface area contributed by atoms with E-state index >= 15 is 0 Å². The lowest BCUT2D eigenvalue weighted by molar-refractivity contribution is 0.373. The third-order valence-corrected chi connectivity index (χ3v) is 3.83. The van der Waals surface area contributed by atoms with E-state index in [9.17, 15) is 0 Å². The van der Waals surface area contributed by atoms with E-state index in [1.165, 1.54) is 0 Å². The summed E-state index contributed by atoms with van der Waals surface area (Å²) in [5.41, 5.74) is 0.945. The van der Waals surface area contributed by atoms with Gasteiger partial charge in [0, 0.05) is 40.7 Å². The minimum absolute atomic E-state index is 0.475. The van der Waals surface area contributed by atoms with E-state index in [0.717, 1.165) is 34.6 Å². The van der Waals surface area contributed by atoms with Crippen LogP contribution in [0.4, 0.5) is 0 Å². The number of hydrogen-bond donors (Lipinski definition) is 0. The molecule has 4 rings (SSSR count). The van der Waals surface area contributed by atoms with Gasteiger partial charge < -0.3 is 9.09 Å². The van der Waals surface area contributed by atoms with E-state index in [2.05, 4.69) is 36.0 Å². The van der Waals surface area contributed by atoms with Crippen molar-refractivity contribution < 1.29 is 4.52 Å². The molecule has 0 N–H and O–H groups in total. The first-order chi connectivity index (χ1) is 10.3. The summed E-state index contributed by atoms with van der Waals surface area (Å²) in [6, 6.07) is 1.98. The Balaban J connectivity index is 1.62. The molecule has 1 fully saturated rings. The number of pyridine rings is 1. The van der Waals surface area contributed by atoms with Crippen LogP contribution in [-0.2, 0) is 6.54 Å². The highest BCUT2D eigenvalue weighted by atomic mass is 79.9. The average molecular weight is 346 g/mol. The number of rotatable bonds is 4. The fraction of sp³-hybridized carbons (Fsp3) is 0.286. The summed E-state index contributed by atoms with van der Waals surface area (Å²) >= 11 is 3.43. The molecule has 0 amide bonds. The second kappa shape index (κ2) is 5.07. The molecule has 7 heteroatoms. The molecule has 0 aliphatic heterocycles. The van der Waals surface area contributed by atoms with Gasteiger partial charge in [0.25, 0.3) is 0 Å². The molecule has 3 aromatic heterocycles. The number of nitrogens with zero attached hydrogens (tertiary/aromatic N) is 5. The first-order valence-corrected chi connectivity index (χ1v) is 7.53. The molecule has 0 unspecified atom stereocenters. The normalized spacial score (nSPS) is 14.5. The van der Waals surface area contributed by atoms with Crippen LogP contribution >= 0.6 is 15.9 Å². The van der Waals surface area contributed by atoms with Gasteiger partial charge in [-0.15, -0.1) is 0 Å². The highest BCUT2D eigenvalue weighted by Crippen LogP contribution is 2.38. The standard InChI is InChI=1S/C14H12BrN5O/c15-11-5-10(6-16-7-11)13-17-3-4-20(13)8-12-18-14(21-19-12)9-1-2-9/h3-7,9H,1-2,8H2. The van der Waals surface area contributed by atoms with Crippen LogP contribution in [0.25, 0.3) is 11.4 Å². The zero-order chi connectivity index (χ0) is 14.2. The molecule has 1 aliphatic carbocycles. The number of hydrogen-bond acceptors (Lipinski definition) is 5. The first-order valence-electron chi connectivity index (χ1n) is 6.74. The zero-order valence-electron chi connectivity index (χ0n) is 11.1. The van der Waals surface area contributed by atoms with Crippen molar-refractivity contribution in [2.75, 3.05) is 0 Å². The van der Waals surface area contributed by atoms with Crippen LogP contribution in [0.15, 0.2) is 39.8 Å². The Bertz CT molecular complexity index is 777. The summed E-state index contributed by atoms with van der Waals surface area (Å²) in [4.78, 5) is 13.0. The summed E-state index contributed by atoms with van der Waals surface area (Å²) in [7, 11) is 0. The molecule has 3 heterocycles. The lowest BCUT2D eigenvalue weighted by Crippen LogP contribution is -2.03. The second-order valence-corrected chi connectivity index (χ2v) is 6.01. The molecule has 21 heavy (non-hydrogen) atoms. The summed E-state index contributed by atoms with van der Waals surface area (Å²) in [5, 5.41) is 4.05. The first kappa shape index (κ1) is 12.7.